The molecule has 2 heterocycles. The first-order valence-corrected chi connectivity index (χ1v) is 11.2. The number of benzene rings is 1. The Labute approximate surface area is 186 Å². The van der Waals surface area contributed by atoms with E-state index < -0.39 is 0 Å². The van der Waals surface area contributed by atoms with Gasteiger partial charge in [0.25, 0.3) is 0 Å². The summed E-state index contributed by atoms with van der Waals surface area (Å²) in [6.07, 6.45) is 7.64. The van der Waals surface area contributed by atoms with Gasteiger partial charge >= 0.3 is 0 Å². The first-order chi connectivity index (χ1) is 15.5. The molecule has 0 bridgehead atoms. The Morgan fingerprint density at radius 3 is 2.59 bits per heavy atom. The summed E-state index contributed by atoms with van der Waals surface area (Å²) in [5, 5.41) is 12.7. The number of carbonyl (C=O) groups excluding carboxylic acids is 1. The number of nitriles is 1. The molecule has 3 aromatic rings. The number of amides is 1. The molecule has 2 aromatic heterocycles. The van der Waals surface area contributed by atoms with E-state index in [0.29, 0.717) is 35.1 Å². The van der Waals surface area contributed by atoms with E-state index in [-0.39, 0.29) is 17.6 Å². The van der Waals surface area contributed by atoms with Gasteiger partial charge in [0.15, 0.2) is 0 Å². The lowest BCUT2D eigenvalue weighted by atomic mass is 9.86. The zero-order valence-electron chi connectivity index (χ0n) is 18.0. The average Bonchev–Trinajstić information content (AvgIpc) is 3.38. The summed E-state index contributed by atoms with van der Waals surface area (Å²) in [5.41, 5.74) is 3.01. The highest BCUT2D eigenvalue weighted by Crippen LogP contribution is 2.54. The molecule has 2 saturated carbocycles. The smallest absolute Gasteiger partial charge is 0.227 e. The number of aromatic nitrogens is 2. The van der Waals surface area contributed by atoms with Crippen LogP contribution in [0, 0.1) is 40.8 Å². The van der Waals surface area contributed by atoms with Gasteiger partial charge < -0.3 is 5.32 Å². The van der Waals surface area contributed by atoms with Gasteiger partial charge in [0, 0.05) is 17.5 Å². The average molecular weight is 429 g/mol. The molecular weight excluding hydrogens is 403 g/mol. The number of pyridine rings is 2. The van der Waals surface area contributed by atoms with Crippen LogP contribution in [0.15, 0.2) is 48.8 Å². The fourth-order valence-corrected chi connectivity index (χ4v) is 5.83. The zero-order valence-corrected chi connectivity index (χ0v) is 18.0. The number of anilines is 1. The standard InChI is InChI=1S/C26H25FN4O/c1-15(26(32)31-22-4-3-21(13-28)30-14-22)16-8-17-10-19(11-18(17)9-16)23-6-7-29-25-5-2-20(27)12-24(23)25/h2-7,12,14-19H,8-11H2,1H3,(H,31,32). The summed E-state index contributed by atoms with van der Waals surface area (Å²) < 4.78 is 13.9. The van der Waals surface area contributed by atoms with Crippen molar-refractivity contribution in [2.24, 2.45) is 23.7 Å². The lowest BCUT2D eigenvalue weighted by Gasteiger charge is -2.21. The van der Waals surface area contributed by atoms with Crippen LogP contribution in [-0.2, 0) is 4.79 Å². The van der Waals surface area contributed by atoms with Gasteiger partial charge in [-0.15, -0.1) is 0 Å². The maximum atomic E-state index is 13.9. The maximum absolute atomic E-state index is 13.9. The molecule has 1 amide bonds. The molecule has 3 unspecified atom stereocenters. The molecule has 1 N–H and O–H groups in total. The summed E-state index contributed by atoms with van der Waals surface area (Å²) >= 11 is 0. The van der Waals surface area contributed by atoms with Crippen LogP contribution in [0.4, 0.5) is 10.1 Å². The molecule has 0 saturated heterocycles. The normalized spacial score (nSPS) is 25.3. The second kappa shape index (κ2) is 8.31. The van der Waals surface area contributed by atoms with Crippen LogP contribution in [0.3, 0.4) is 0 Å². The molecule has 0 aliphatic heterocycles. The maximum Gasteiger partial charge on any atom is 0.227 e. The highest BCUT2D eigenvalue weighted by Gasteiger charge is 2.44. The minimum absolute atomic E-state index is 0.00799. The molecule has 32 heavy (non-hydrogen) atoms. The van der Waals surface area contributed by atoms with E-state index in [1.165, 1.54) is 17.8 Å². The van der Waals surface area contributed by atoms with E-state index in [1.54, 1.807) is 24.3 Å². The molecule has 0 radical (unpaired) electrons. The van der Waals surface area contributed by atoms with Crippen molar-refractivity contribution >= 4 is 22.5 Å². The van der Waals surface area contributed by atoms with Gasteiger partial charge in [-0.3, -0.25) is 9.78 Å². The number of hydrogen-bond donors (Lipinski definition) is 1. The third-order valence-electron chi connectivity index (χ3n) is 7.50. The molecule has 6 heteroatoms. The van der Waals surface area contributed by atoms with Crippen LogP contribution in [0.25, 0.3) is 10.9 Å². The van der Waals surface area contributed by atoms with Crippen molar-refractivity contribution in [3.05, 3.63) is 65.9 Å². The Kier molecular flexibility index (Phi) is 5.34. The number of fused-ring (bicyclic) bond motifs is 2. The molecule has 3 atom stereocenters. The van der Waals surface area contributed by atoms with E-state index in [0.717, 1.165) is 36.6 Å². The molecule has 2 aliphatic carbocycles. The monoisotopic (exact) mass is 428 g/mol. The second-order valence-corrected chi connectivity index (χ2v) is 9.30. The lowest BCUT2D eigenvalue weighted by Crippen LogP contribution is -2.26. The van der Waals surface area contributed by atoms with Crippen LogP contribution in [0.2, 0.25) is 0 Å². The van der Waals surface area contributed by atoms with Crippen LogP contribution < -0.4 is 5.32 Å². The number of carbonyl (C=O) groups is 1. The molecule has 0 spiro atoms. The second-order valence-electron chi connectivity index (χ2n) is 9.30. The highest BCUT2D eigenvalue weighted by atomic mass is 19.1. The fraction of sp³-hybridized carbons (Fsp3) is 0.385. The highest BCUT2D eigenvalue weighted by molar-refractivity contribution is 5.92. The van der Waals surface area contributed by atoms with E-state index >= 15 is 0 Å². The van der Waals surface area contributed by atoms with Crippen LogP contribution in [-0.4, -0.2) is 15.9 Å². The number of rotatable bonds is 4. The third-order valence-corrected chi connectivity index (χ3v) is 7.50. The number of hydrogen-bond acceptors (Lipinski definition) is 4. The quantitative estimate of drug-likeness (QED) is 0.601. The third kappa shape index (κ3) is 3.84. The zero-order chi connectivity index (χ0) is 22.2. The van der Waals surface area contributed by atoms with E-state index in [4.69, 9.17) is 5.26 Å². The van der Waals surface area contributed by atoms with E-state index in [1.807, 2.05) is 25.3 Å². The van der Waals surface area contributed by atoms with Gasteiger partial charge in [-0.25, -0.2) is 9.37 Å². The predicted octanol–water partition coefficient (Wildman–Crippen LogP) is 5.44. The van der Waals surface area contributed by atoms with Gasteiger partial charge in [-0.05, 0) is 91.3 Å². The topological polar surface area (TPSA) is 78.7 Å². The first-order valence-electron chi connectivity index (χ1n) is 11.2. The Morgan fingerprint density at radius 1 is 1.12 bits per heavy atom. The van der Waals surface area contributed by atoms with Gasteiger partial charge in [0.05, 0.1) is 17.4 Å². The van der Waals surface area contributed by atoms with Crippen molar-refractivity contribution in [1.82, 2.24) is 9.97 Å². The summed E-state index contributed by atoms with van der Waals surface area (Å²) in [4.78, 5) is 21.2. The summed E-state index contributed by atoms with van der Waals surface area (Å²) in [5.74, 6) is 1.71. The molecule has 162 valence electrons. The summed E-state index contributed by atoms with van der Waals surface area (Å²) in [6.45, 7) is 2.01. The Morgan fingerprint density at radius 2 is 1.91 bits per heavy atom. The number of halogens is 1. The number of nitrogens with one attached hydrogen (secondary N) is 1. The van der Waals surface area contributed by atoms with Crippen LogP contribution >= 0.6 is 0 Å². The Balaban J connectivity index is 1.23. The molecule has 5 rings (SSSR count). The van der Waals surface area contributed by atoms with E-state index in [2.05, 4.69) is 15.3 Å². The van der Waals surface area contributed by atoms with Crippen molar-refractivity contribution in [1.29, 1.82) is 5.26 Å². The summed E-state index contributed by atoms with van der Waals surface area (Å²) in [7, 11) is 0. The molecule has 2 aliphatic rings. The van der Waals surface area contributed by atoms with Gasteiger partial charge in [-0.2, -0.15) is 5.26 Å². The molecule has 1 aromatic carbocycles. The minimum atomic E-state index is -0.220. The van der Waals surface area contributed by atoms with E-state index in [9.17, 15) is 9.18 Å². The Hall–Kier alpha value is -3.33. The largest absolute Gasteiger partial charge is 0.324 e. The first kappa shape index (κ1) is 20.6. The van der Waals surface area contributed by atoms with Crippen molar-refractivity contribution in [3.8, 4) is 6.07 Å². The molecule has 2 fully saturated rings. The van der Waals surface area contributed by atoms with Crippen molar-refractivity contribution in [2.75, 3.05) is 5.32 Å². The van der Waals surface area contributed by atoms with Crippen LogP contribution in [0.5, 0.6) is 0 Å². The van der Waals surface area contributed by atoms with Crippen molar-refractivity contribution in [3.63, 3.8) is 0 Å². The SMILES string of the molecule is CC(C(=O)Nc1ccc(C#N)nc1)C1CC2CC(c3ccnc4ccc(F)cc34)CC2C1. The number of nitrogens with zero attached hydrogens (tertiary/aromatic N) is 3. The van der Waals surface area contributed by atoms with Crippen molar-refractivity contribution in [2.45, 2.75) is 38.5 Å². The van der Waals surface area contributed by atoms with Gasteiger partial charge in [-0.1, -0.05) is 6.92 Å². The van der Waals surface area contributed by atoms with Gasteiger partial charge in [0.1, 0.15) is 17.6 Å². The minimum Gasteiger partial charge on any atom is -0.324 e. The predicted molar refractivity (Wildman–Crippen MR) is 120 cm³/mol. The fourth-order valence-electron chi connectivity index (χ4n) is 5.83. The van der Waals surface area contributed by atoms with Gasteiger partial charge in [0.2, 0.25) is 5.91 Å². The molecular formula is C26H25FN4O. The summed E-state index contributed by atoms with van der Waals surface area (Å²) in [6, 6.07) is 12.2. The lowest BCUT2D eigenvalue weighted by molar-refractivity contribution is -0.120. The molecule has 5 nitrogen and oxygen atoms in total. The van der Waals surface area contributed by atoms with Crippen molar-refractivity contribution < 1.29 is 9.18 Å². The Bertz CT molecular complexity index is 1190. The van der Waals surface area contributed by atoms with Crippen LogP contribution in [0.1, 0.15) is 49.8 Å².